The van der Waals surface area contributed by atoms with Crippen LogP contribution in [0.4, 0.5) is 0 Å². The standard InChI is InChI=1S/C15H26N2O2/c1-5-16-9-13-8-14(19-12(13)2)10-17-6-7-18-15(3,4)11-17/h8,16H,5-7,9-11H2,1-4H3. The Balaban J connectivity index is 1.95. The number of rotatable bonds is 5. The second-order valence-corrected chi connectivity index (χ2v) is 5.89. The highest BCUT2D eigenvalue weighted by Crippen LogP contribution is 2.21. The Kier molecular flexibility index (Phi) is 4.66. The molecule has 2 rings (SSSR count). The lowest BCUT2D eigenvalue weighted by molar-refractivity contribution is -0.0894. The van der Waals surface area contributed by atoms with Gasteiger partial charge in [-0.2, -0.15) is 0 Å². The van der Waals surface area contributed by atoms with E-state index in [4.69, 9.17) is 9.15 Å². The van der Waals surface area contributed by atoms with Crippen LogP contribution in [0.15, 0.2) is 10.5 Å². The van der Waals surface area contributed by atoms with Crippen LogP contribution in [0.2, 0.25) is 0 Å². The van der Waals surface area contributed by atoms with Gasteiger partial charge in [-0.15, -0.1) is 0 Å². The first-order valence-corrected chi connectivity index (χ1v) is 7.15. The summed E-state index contributed by atoms with van der Waals surface area (Å²) in [7, 11) is 0. The molecule has 0 aliphatic carbocycles. The van der Waals surface area contributed by atoms with Gasteiger partial charge in [-0.1, -0.05) is 6.92 Å². The van der Waals surface area contributed by atoms with Crippen molar-refractivity contribution in [3.8, 4) is 0 Å². The van der Waals surface area contributed by atoms with Gasteiger partial charge in [0.2, 0.25) is 0 Å². The van der Waals surface area contributed by atoms with Crippen LogP contribution in [-0.2, 0) is 17.8 Å². The van der Waals surface area contributed by atoms with Crippen molar-refractivity contribution in [3.05, 3.63) is 23.2 Å². The fourth-order valence-corrected chi connectivity index (χ4v) is 2.57. The van der Waals surface area contributed by atoms with Crippen LogP contribution >= 0.6 is 0 Å². The minimum atomic E-state index is -0.0491. The summed E-state index contributed by atoms with van der Waals surface area (Å²) in [4.78, 5) is 2.40. The predicted molar refractivity (Wildman–Crippen MR) is 76.1 cm³/mol. The Labute approximate surface area is 116 Å². The SMILES string of the molecule is CCNCc1cc(CN2CCOC(C)(C)C2)oc1C. The first-order chi connectivity index (χ1) is 9.00. The molecule has 0 atom stereocenters. The average Bonchev–Trinajstić information content (AvgIpc) is 2.65. The fourth-order valence-electron chi connectivity index (χ4n) is 2.57. The van der Waals surface area contributed by atoms with Crippen LogP contribution in [0.5, 0.6) is 0 Å². The molecule has 1 aliphatic rings. The monoisotopic (exact) mass is 266 g/mol. The second-order valence-electron chi connectivity index (χ2n) is 5.89. The Morgan fingerprint density at radius 2 is 2.21 bits per heavy atom. The van der Waals surface area contributed by atoms with E-state index in [0.717, 1.165) is 50.9 Å². The smallest absolute Gasteiger partial charge is 0.118 e. The van der Waals surface area contributed by atoms with Crippen molar-refractivity contribution in [1.82, 2.24) is 10.2 Å². The molecule has 2 heterocycles. The van der Waals surface area contributed by atoms with Gasteiger partial charge in [0.05, 0.1) is 18.8 Å². The zero-order valence-corrected chi connectivity index (χ0v) is 12.6. The Bertz CT molecular complexity index is 412. The third kappa shape index (κ3) is 4.06. The summed E-state index contributed by atoms with van der Waals surface area (Å²) in [5.74, 6) is 2.09. The molecular weight excluding hydrogens is 240 g/mol. The molecule has 0 bridgehead atoms. The molecule has 0 spiro atoms. The summed E-state index contributed by atoms with van der Waals surface area (Å²) in [6.07, 6.45) is 0. The molecule has 1 aromatic rings. The maximum atomic E-state index is 5.86. The van der Waals surface area contributed by atoms with Crippen molar-refractivity contribution in [2.45, 2.75) is 46.4 Å². The molecule has 1 N–H and O–H groups in total. The van der Waals surface area contributed by atoms with Crippen LogP contribution in [0, 0.1) is 6.92 Å². The van der Waals surface area contributed by atoms with Crippen molar-refractivity contribution in [2.24, 2.45) is 0 Å². The van der Waals surface area contributed by atoms with Crippen molar-refractivity contribution in [2.75, 3.05) is 26.2 Å². The maximum absolute atomic E-state index is 5.86. The molecule has 1 fully saturated rings. The van der Waals surface area contributed by atoms with Gasteiger partial charge < -0.3 is 14.5 Å². The lowest BCUT2D eigenvalue weighted by atomic mass is 10.1. The maximum Gasteiger partial charge on any atom is 0.118 e. The van der Waals surface area contributed by atoms with Gasteiger partial charge in [-0.3, -0.25) is 4.90 Å². The highest BCUT2D eigenvalue weighted by Gasteiger charge is 2.27. The van der Waals surface area contributed by atoms with Crippen LogP contribution in [-0.4, -0.2) is 36.7 Å². The first kappa shape index (κ1) is 14.6. The highest BCUT2D eigenvalue weighted by atomic mass is 16.5. The molecule has 19 heavy (non-hydrogen) atoms. The summed E-state index contributed by atoms with van der Waals surface area (Å²) in [5.41, 5.74) is 1.22. The average molecular weight is 266 g/mol. The predicted octanol–water partition coefficient (Wildman–Crippen LogP) is 2.31. The van der Waals surface area contributed by atoms with Crippen molar-refractivity contribution in [1.29, 1.82) is 0 Å². The third-order valence-electron chi connectivity index (χ3n) is 3.52. The van der Waals surface area contributed by atoms with E-state index >= 15 is 0 Å². The molecule has 4 nitrogen and oxygen atoms in total. The van der Waals surface area contributed by atoms with Crippen molar-refractivity contribution in [3.63, 3.8) is 0 Å². The largest absolute Gasteiger partial charge is 0.465 e. The van der Waals surface area contributed by atoms with Gasteiger partial charge >= 0.3 is 0 Å². The number of nitrogens with zero attached hydrogens (tertiary/aromatic N) is 1. The summed E-state index contributed by atoms with van der Waals surface area (Å²) in [6.45, 7) is 13.9. The number of ether oxygens (including phenoxy) is 1. The van der Waals surface area contributed by atoms with Gasteiger partial charge in [-0.05, 0) is 33.4 Å². The number of morpholine rings is 1. The zero-order valence-electron chi connectivity index (χ0n) is 12.6. The third-order valence-corrected chi connectivity index (χ3v) is 3.52. The van der Waals surface area contributed by atoms with Gasteiger partial charge in [-0.25, -0.2) is 0 Å². The lowest BCUT2D eigenvalue weighted by Gasteiger charge is -2.37. The van der Waals surface area contributed by atoms with E-state index in [0.29, 0.717) is 0 Å². The fraction of sp³-hybridized carbons (Fsp3) is 0.733. The van der Waals surface area contributed by atoms with E-state index < -0.39 is 0 Å². The first-order valence-electron chi connectivity index (χ1n) is 7.15. The van der Waals surface area contributed by atoms with Gasteiger partial charge in [0.1, 0.15) is 11.5 Å². The minimum Gasteiger partial charge on any atom is -0.465 e. The zero-order chi connectivity index (χ0) is 13.9. The summed E-state index contributed by atoms with van der Waals surface area (Å²) < 4.78 is 11.6. The minimum absolute atomic E-state index is 0.0491. The molecular formula is C15H26N2O2. The van der Waals surface area contributed by atoms with Crippen LogP contribution < -0.4 is 5.32 Å². The highest BCUT2D eigenvalue weighted by molar-refractivity contribution is 5.20. The van der Waals surface area contributed by atoms with Gasteiger partial charge in [0.25, 0.3) is 0 Å². The number of hydrogen-bond acceptors (Lipinski definition) is 4. The molecule has 1 aromatic heterocycles. The Morgan fingerprint density at radius 3 is 2.89 bits per heavy atom. The van der Waals surface area contributed by atoms with Crippen molar-refractivity contribution < 1.29 is 9.15 Å². The number of nitrogens with one attached hydrogen (secondary N) is 1. The van der Waals surface area contributed by atoms with E-state index in [1.807, 2.05) is 6.92 Å². The molecule has 1 aliphatic heterocycles. The van der Waals surface area contributed by atoms with Crippen molar-refractivity contribution >= 4 is 0 Å². The topological polar surface area (TPSA) is 37.6 Å². The lowest BCUT2D eigenvalue weighted by Crippen LogP contribution is -2.47. The van der Waals surface area contributed by atoms with E-state index in [1.165, 1.54) is 5.56 Å². The molecule has 0 aromatic carbocycles. The Morgan fingerprint density at radius 1 is 1.42 bits per heavy atom. The molecule has 1 saturated heterocycles. The summed E-state index contributed by atoms with van der Waals surface area (Å²) in [5, 5.41) is 3.34. The van der Waals surface area contributed by atoms with E-state index in [2.05, 4.69) is 37.1 Å². The summed E-state index contributed by atoms with van der Waals surface area (Å²) >= 11 is 0. The van der Waals surface area contributed by atoms with Crippen LogP contribution in [0.25, 0.3) is 0 Å². The molecule has 0 saturated carbocycles. The molecule has 0 amide bonds. The Hall–Kier alpha value is -0.840. The molecule has 4 heteroatoms. The molecule has 0 unspecified atom stereocenters. The van der Waals surface area contributed by atoms with Crippen LogP contribution in [0.1, 0.15) is 37.9 Å². The van der Waals surface area contributed by atoms with E-state index in [-0.39, 0.29) is 5.60 Å². The summed E-state index contributed by atoms with van der Waals surface area (Å²) in [6, 6.07) is 2.18. The number of furan rings is 1. The number of aryl methyl sites for hydroxylation is 1. The second kappa shape index (κ2) is 6.07. The normalized spacial score (nSPS) is 19.8. The molecule has 108 valence electrons. The molecule has 0 radical (unpaired) electrons. The quantitative estimate of drug-likeness (QED) is 0.887. The van der Waals surface area contributed by atoms with E-state index in [1.54, 1.807) is 0 Å². The van der Waals surface area contributed by atoms with Gasteiger partial charge in [0.15, 0.2) is 0 Å². The van der Waals surface area contributed by atoms with E-state index in [9.17, 15) is 0 Å². The number of hydrogen-bond donors (Lipinski definition) is 1. The van der Waals surface area contributed by atoms with Crippen LogP contribution in [0.3, 0.4) is 0 Å². The van der Waals surface area contributed by atoms with Gasteiger partial charge in [0, 0.05) is 25.2 Å².